The number of ketones is 1. The first-order valence-corrected chi connectivity index (χ1v) is 7.70. The van der Waals surface area contributed by atoms with E-state index in [1.54, 1.807) is 13.0 Å². The molecule has 0 spiro atoms. The van der Waals surface area contributed by atoms with Crippen LogP contribution in [0.1, 0.15) is 37.8 Å². The third-order valence-corrected chi connectivity index (χ3v) is 4.43. The molecule has 0 aliphatic heterocycles. The maximum absolute atomic E-state index is 12.1. The fourth-order valence-corrected chi connectivity index (χ4v) is 2.48. The van der Waals surface area contributed by atoms with Crippen LogP contribution in [0.15, 0.2) is 18.2 Å². The average molecular weight is 326 g/mol. The van der Waals surface area contributed by atoms with Crippen molar-refractivity contribution >= 4 is 23.4 Å². The quantitative estimate of drug-likeness (QED) is 0.782. The number of ether oxygens (including phenoxy) is 1. The number of methoxy groups -OCH3 is 1. The van der Waals surface area contributed by atoms with Gasteiger partial charge in [-0.1, -0.05) is 24.6 Å². The van der Waals surface area contributed by atoms with E-state index in [0.717, 1.165) is 11.1 Å². The van der Waals surface area contributed by atoms with Gasteiger partial charge < -0.3 is 10.5 Å². The number of aryl methyl sites for hydroxylation is 1. The molecule has 0 heterocycles. The number of rotatable bonds is 7. The van der Waals surface area contributed by atoms with E-state index in [1.165, 1.54) is 7.11 Å². The Balaban J connectivity index is 2.57. The van der Waals surface area contributed by atoms with Gasteiger partial charge in [-0.2, -0.15) is 0 Å². The summed E-state index contributed by atoms with van der Waals surface area (Å²) in [7, 11) is 1.31. The molecular formula is C17H24ClNO3. The molecule has 0 aromatic heterocycles. The van der Waals surface area contributed by atoms with Gasteiger partial charge >= 0.3 is 5.97 Å². The Kier molecular flexibility index (Phi) is 6.57. The molecule has 2 N–H and O–H groups in total. The predicted molar refractivity (Wildman–Crippen MR) is 87.9 cm³/mol. The van der Waals surface area contributed by atoms with Crippen LogP contribution in [0.2, 0.25) is 5.02 Å². The molecular weight excluding hydrogens is 302 g/mol. The van der Waals surface area contributed by atoms with Crippen molar-refractivity contribution in [1.29, 1.82) is 0 Å². The van der Waals surface area contributed by atoms with E-state index < -0.39 is 11.5 Å². The first kappa shape index (κ1) is 18.7. The zero-order chi connectivity index (χ0) is 16.9. The van der Waals surface area contributed by atoms with E-state index in [-0.39, 0.29) is 11.7 Å². The number of carbonyl (C=O) groups is 2. The maximum Gasteiger partial charge on any atom is 0.325 e. The Labute approximate surface area is 137 Å². The minimum Gasteiger partial charge on any atom is -0.468 e. The molecule has 0 bridgehead atoms. The lowest BCUT2D eigenvalue weighted by atomic mass is 9.84. The van der Waals surface area contributed by atoms with Crippen LogP contribution in [0.3, 0.4) is 0 Å². The van der Waals surface area contributed by atoms with Gasteiger partial charge in [-0.3, -0.25) is 9.59 Å². The summed E-state index contributed by atoms with van der Waals surface area (Å²) in [5.74, 6) is -0.478. The maximum atomic E-state index is 12.1. The highest BCUT2D eigenvalue weighted by atomic mass is 35.5. The van der Waals surface area contributed by atoms with Gasteiger partial charge in [0.15, 0.2) is 0 Å². The zero-order valence-electron chi connectivity index (χ0n) is 13.6. The second-order valence-corrected chi connectivity index (χ2v) is 6.44. The van der Waals surface area contributed by atoms with Gasteiger partial charge in [-0.05, 0) is 49.4 Å². The van der Waals surface area contributed by atoms with Gasteiger partial charge in [-0.25, -0.2) is 0 Å². The molecule has 5 heteroatoms. The smallest absolute Gasteiger partial charge is 0.325 e. The van der Waals surface area contributed by atoms with Crippen LogP contribution in [0.5, 0.6) is 0 Å². The van der Waals surface area contributed by atoms with Crippen molar-refractivity contribution in [2.75, 3.05) is 7.11 Å². The second-order valence-electron chi connectivity index (χ2n) is 6.00. The monoisotopic (exact) mass is 325 g/mol. The van der Waals surface area contributed by atoms with E-state index in [4.69, 9.17) is 22.1 Å². The minimum atomic E-state index is -1.08. The highest BCUT2D eigenvalue weighted by Gasteiger charge is 2.35. The molecule has 122 valence electrons. The summed E-state index contributed by atoms with van der Waals surface area (Å²) in [6.45, 7) is 5.43. The van der Waals surface area contributed by atoms with E-state index in [1.807, 2.05) is 26.0 Å². The number of esters is 1. The van der Waals surface area contributed by atoms with Gasteiger partial charge in [0, 0.05) is 17.9 Å². The van der Waals surface area contributed by atoms with Gasteiger partial charge in [0.1, 0.15) is 11.3 Å². The van der Waals surface area contributed by atoms with Crippen LogP contribution in [-0.4, -0.2) is 24.4 Å². The molecule has 1 aromatic rings. The normalized spacial score (nSPS) is 15.0. The Bertz CT molecular complexity index is 555. The van der Waals surface area contributed by atoms with Gasteiger partial charge in [0.25, 0.3) is 0 Å². The Morgan fingerprint density at radius 3 is 2.59 bits per heavy atom. The van der Waals surface area contributed by atoms with Gasteiger partial charge in [-0.15, -0.1) is 0 Å². The van der Waals surface area contributed by atoms with Crippen LogP contribution >= 0.6 is 11.6 Å². The molecule has 0 fully saturated rings. The fraction of sp³-hybridized carbons (Fsp3) is 0.529. The SMILES string of the molecule is COC(=O)C(C)(N)C(C)CCC(=O)Cc1ccc(Cl)cc1C. The molecule has 22 heavy (non-hydrogen) atoms. The largest absolute Gasteiger partial charge is 0.468 e. The van der Waals surface area contributed by atoms with Gasteiger partial charge in [0.05, 0.1) is 7.11 Å². The molecule has 2 unspecified atom stereocenters. The Hall–Kier alpha value is -1.39. The van der Waals surface area contributed by atoms with Gasteiger partial charge in [0.2, 0.25) is 0 Å². The topological polar surface area (TPSA) is 69.4 Å². The van der Waals surface area contributed by atoms with E-state index >= 15 is 0 Å². The van der Waals surface area contributed by atoms with Crippen molar-refractivity contribution in [2.45, 2.75) is 45.6 Å². The average Bonchev–Trinajstić information content (AvgIpc) is 2.46. The number of nitrogens with two attached hydrogens (primary N) is 1. The lowest BCUT2D eigenvalue weighted by Crippen LogP contribution is -2.51. The number of halogens is 1. The molecule has 1 rings (SSSR count). The van der Waals surface area contributed by atoms with E-state index in [9.17, 15) is 9.59 Å². The summed E-state index contributed by atoms with van der Waals surface area (Å²) in [6.07, 6.45) is 1.30. The third-order valence-electron chi connectivity index (χ3n) is 4.20. The third kappa shape index (κ3) is 4.82. The van der Waals surface area contributed by atoms with Crippen molar-refractivity contribution in [3.05, 3.63) is 34.3 Å². The molecule has 4 nitrogen and oxygen atoms in total. The molecule has 0 saturated heterocycles. The van der Waals surface area contributed by atoms with Crippen molar-refractivity contribution < 1.29 is 14.3 Å². The molecule has 0 aliphatic rings. The lowest BCUT2D eigenvalue weighted by molar-refractivity contribution is -0.148. The molecule has 1 aromatic carbocycles. The number of Topliss-reactive ketones (excluding diaryl/α,β-unsaturated/α-hetero) is 1. The van der Waals surface area contributed by atoms with Crippen molar-refractivity contribution in [3.63, 3.8) is 0 Å². The van der Waals surface area contributed by atoms with Crippen molar-refractivity contribution in [1.82, 2.24) is 0 Å². The first-order valence-electron chi connectivity index (χ1n) is 7.32. The summed E-state index contributed by atoms with van der Waals surface area (Å²) >= 11 is 5.91. The highest BCUT2D eigenvalue weighted by Crippen LogP contribution is 2.22. The fourth-order valence-electron chi connectivity index (χ4n) is 2.26. The summed E-state index contributed by atoms with van der Waals surface area (Å²) in [6, 6.07) is 5.51. The Morgan fingerprint density at radius 1 is 1.41 bits per heavy atom. The molecule has 0 aliphatic carbocycles. The zero-order valence-corrected chi connectivity index (χ0v) is 14.4. The number of hydrogen-bond donors (Lipinski definition) is 1. The molecule has 2 atom stereocenters. The van der Waals surface area contributed by atoms with Crippen LogP contribution in [0.4, 0.5) is 0 Å². The summed E-state index contributed by atoms with van der Waals surface area (Å²) in [4.78, 5) is 23.8. The van der Waals surface area contributed by atoms with Crippen molar-refractivity contribution in [3.8, 4) is 0 Å². The second kappa shape index (κ2) is 7.75. The van der Waals surface area contributed by atoms with Crippen LogP contribution in [0, 0.1) is 12.8 Å². The summed E-state index contributed by atoms with van der Waals surface area (Å²) in [5.41, 5.74) is 6.90. The number of benzene rings is 1. The summed E-state index contributed by atoms with van der Waals surface area (Å²) in [5, 5.41) is 0.666. The Morgan fingerprint density at radius 2 is 2.05 bits per heavy atom. The standard InChI is InChI=1S/C17H24ClNO3/c1-11-9-14(18)7-6-13(11)10-15(20)8-5-12(2)17(3,19)16(21)22-4/h6-7,9,12H,5,8,10,19H2,1-4H3. The first-order chi connectivity index (χ1) is 10.2. The molecule has 0 saturated carbocycles. The van der Waals surface area contributed by atoms with E-state index in [0.29, 0.717) is 24.3 Å². The van der Waals surface area contributed by atoms with Crippen LogP contribution in [-0.2, 0) is 20.7 Å². The van der Waals surface area contributed by atoms with Crippen molar-refractivity contribution in [2.24, 2.45) is 11.7 Å². The van der Waals surface area contributed by atoms with Crippen LogP contribution < -0.4 is 5.73 Å². The number of carbonyl (C=O) groups excluding carboxylic acids is 2. The lowest BCUT2D eigenvalue weighted by Gasteiger charge is -2.28. The predicted octanol–water partition coefficient (Wildman–Crippen LogP) is 3.07. The molecule has 0 amide bonds. The van der Waals surface area contributed by atoms with Crippen LogP contribution in [0.25, 0.3) is 0 Å². The molecule has 0 radical (unpaired) electrons. The minimum absolute atomic E-state index is 0.123. The highest BCUT2D eigenvalue weighted by molar-refractivity contribution is 6.30. The number of hydrogen-bond acceptors (Lipinski definition) is 4. The van der Waals surface area contributed by atoms with E-state index in [2.05, 4.69) is 0 Å². The summed E-state index contributed by atoms with van der Waals surface area (Å²) < 4.78 is 4.70.